The average Bonchev–Trinajstić information content (AvgIpc) is 2.34. The number of benzene rings is 1. The van der Waals surface area contributed by atoms with Gasteiger partial charge in [-0.15, -0.1) is 0 Å². The van der Waals surface area contributed by atoms with Crippen molar-refractivity contribution in [3.63, 3.8) is 0 Å². The minimum absolute atomic E-state index is 0.116. The lowest BCUT2D eigenvalue weighted by Crippen LogP contribution is -2.36. The summed E-state index contributed by atoms with van der Waals surface area (Å²) in [6, 6.07) is 5.92. The smallest absolute Gasteiger partial charge is 0.319 e. The quantitative estimate of drug-likeness (QED) is 0.605. The molecular formula is C16H22O3. The summed E-state index contributed by atoms with van der Waals surface area (Å²) in [5.41, 5.74) is 2.19. The fourth-order valence-corrected chi connectivity index (χ4v) is 1.75. The molecule has 0 unspecified atom stereocenters. The van der Waals surface area contributed by atoms with Crippen molar-refractivity contribution in [1.82, 2.24) is 0 Å². The molecule has 1 rings (SSSR count). The fourth-order valence-electron chi connectivity index (χ4n) is 1.75. The summed E-state index contributed by atoms with van der Waals surface area (Å²) in [5, 5.41) is 0. The standard InChI is InChI=1S/C16H22O3/c1-6-19-15(18)16(4,5)14(17)10-13-8-7-11(2)12(3)9-13/h7-9H,6,10H2,1-5H3. The summed E-state index contributed by atoms with van der Waals surface area (Å²) in [6.45, 7) is 9.31. The van der Waals surface area contributed by atoms with Gasteiger partial charge < -0.3 is 4.74 Å². The molecular weight excluding hydrogens is 240 g/mol. The molecule has 0 aliphatic rings. The summed E-state index contributed by atoms with van der Waals surface area (Å²) < 4.78 is 4.95. The van der Waals surface area contributed by atoms with Gasteiger partial charge in [-0.05, 0) is 51.3 Å². The van der Waals surface area contributed by atoms with E-state index >= 15 is 0 Å². The number of carbonyl (C=O) groups is 2. The van der Waals surface area contributed by atoms with Crippen LogP contribution in [0, 0.1) is 19.3 Å². The van der Waals surface area contributed by atoms with Crippen molar-refractivity contribution in [1.29, 1.82) is 0 Å². The van der Waals surface area contributed by atoms with Crippen LogP contribution in [0.2, 0.25) is 0 Å². The molecule has 104 valence electrons. The van der Waals surface area contributed by atoms with Crippen molar-refractivity contribution in [3.05, 3.63) is 34.9 Å². The van der Waals surface area contributed by atoms with Crippen molar-refractivity contribution >= 4 is 11.8 Å². The van der Waals surface area contributed by atoms with Crippen molar-refractivity contribution in [2.45, 2.75) is 41.0 Å². The fraction of sp³-hybridized carbons (Fsp3) is 0.500. The van der Waals surface area contributed by atoms with E-state index < -0.39 is 11.4 Å². The van der Waals surface area contributed by atoms with Gasteiger partial charge in [0.25, 0.3) is 0 Å². The summed E-state index contributed by atoms with van der Waals surface area (Å²) in [7, 11) is 0. The van der Waals surface area contributed by atoms with E-state index in [2.05, 4.69) is 0 Å². The minimum Gasteiger partial charge on any atom is -0.465 e. The van der Waals surface area contributed by atoms with Crippen molar-refractivity contribution in [2.24, 2.45) is 5.41 Å². The average molecular weight is 262 g/mol. The Kier molecular flexibility index (Phi) is 4.87. The van der Waals surface area contributed by atoms with E-state index in [1.54, 1.807) is 20.8 Å². The SMILES string of the molecule is CCOC(=O)C(C)(C)C(=O)Cc1ccc(C)c(C)c1. The first-order valence-electron chi connectivity index (χ1n) is 6.55. The van der Waals surface area contributed by atoms with Crippen LogP contribution in [-0.2, 0) is 20.7 Å². The molecule has 0 saturated heterocycles. The van der Waals surface area contributed by atoms with E-state index in [-0.39, 0.29) is 12.2 Å². The normalized spacial score (nSPS) is 11.2. The molecule has 0 N–H and O–H groups in total. The molecule has 0 bridgehead atoms. The van der Waals surface area contributed by atoms with E-state index in [0.29, 0.717) is 6.61 Å². The molecule has 0 amide bonds. The van der Waals surface area contributed by atoms with Gasteiger partial charge in [0.1, 0.15) is 5.41 Å². The maximum Gasteiger partial charge on any atom is 0.319 e. The molecule has 3 nitrogen and oxygen atoms in total. The molecule has 0 radical (unpaired) electrons. The molecule has 0 saturated carbocycles. The Morgan fingerprint density at radius 2 is 1.79 bits per heavy atom. The molecule has 0 aliphatic heterocycles. The van der Waals surface area contributed by atoms with Crippen molar-refractivity contribution < 1.29 is 14.3 Å². The third-order valence-electron chi connectivity index (χ3n) is 3.42. The Balaban J connectivity index is 2.83. The van der Waals surface area contributed by atoms with Gasteiger partial charge in [0.05, 0.1) is 6.61 Å². The summed E-state index contributed by atoms with van der Waals surface area (Å²) >= 11 is 0. The Bertz CT molecular complexity index is 487. The van der Waals surface area contributed by atoms with E-state index in [1.807, 2.05) is 32.0 Å². The lowest BCUT2D eigenvalue weighted by atomic mass is 9.84. The summed E-state index contributed by atoms with van der Waals surface area (Å²) in [6.07, 6.45) is 0.257. The molecule has 0 aromatic heterocycles. The number of carbonyl (C=O) groups excluding carboxylic acids is 2. The highest BCUT2D eigenvalue weighted by molar-refractivity contribution is 6.03. The van der Waals surface area contributed by atoms with Gasteiger partial charge in [0.2, 0.25) is 0 Å². The van der Waals surface area contributed by atoms with Crippen LogP contribution < -0.4 is 0 Å². The van der Waals surface area contributed by atoms with E-state index in [9.17, 15) is 9.59 Å². The summed E-state index contributed by atoms with van der Waals surface area (Å²) in [4.78, 5) is 24.0. The number of rotatable bonds is 5. The van der Waals surface area contributed by atoms with Gasteiger partial charge in [-0.2, -0.15) is 0 Å². The Morgan fingerprint density at radius 1 is 1.16 bits per heavy atom. The van der Waals surface area contributed by atoms with Crippen LogP contribution in [-0.4, -0.2) is 18.4 Å². The zero-order valence-electron chi connectivity index (χ0n) is 12.4. The first-order chi connectivity index (χ1) is 8.78. The minimum atomic E-state index is -1.09. The Morgan fingerprint density at radius 3 is 2.32 bits per heavy atom. The van der Waals surface area contributed by atoms with Crippen LogP contribution in [0.25, 0.3) is 0 Å². The predicted octanol–water partition coefficient (Wildman–Crippen LogP) is 3.00. The van der Waals surface area contributed by atoms with Crippen molar-refractivity contribution in [2.75, 3.05) is 6.61 Å². The van der Waals surface area contributed by atoms with Crippen LogP contribution in [0.3, 0.4) is 0 Å². The largest absolute Gasteiger partial charge is 0.465 e. The topological polar surface area (TPSA) is 43.4 Å². The number of esters is 1. The molecule has 0 aliphatic carbocycles. The van der Waals surface area contributed by atoms with Crippen LogP contribution in [0.5, 0.6) is 0 Å². The second-order valence-electron chi connectivity index (χ2n) is 5.36. The molecule has 3 heteroatoms. The third-order valence-corrected chi connectivity index (χ3v) is 3.42. The molecule has 0 heterocycles. The lowest BCUT2D eigenvalue weighted by molar-refractivity contribution is -0.157. The monoisotopic (exact) mass is 262 g/mol. The third kappa shape index (κ3) is 3.66. The van der Waals surface area contributed by atoms with Gasteiger partial charge in [0.15, 0.2) is 5.78 Å². The molecule has 0 spiro atoms. The zero-order chi connectivity index (χ0) is 14.6. The van der Waals surface area contributed by atoms with Crippen LogP contribution in [0.15, 0.2) is 18.2 Å². The predicted molar refractivity (Wildman–Crippen MR) is 75.0 cm³/mol. The van der Waals surface area contributed by atoms with Crippen LogP contribution in [0.1, 0.15) is 37.5 Å². The lowest BCUT2D eigenvalue weighted by Gasteiger charge is -2.20. The molecule has 19 heavy (non-hydrogen) atoms. The first-order valence-corrected chi connectivity index (χ1v) is 6.55. The van der Waals surface area contributed by atoms with Gasteiger partial charge in [-0.25, -0.2) is 0 Å². The Hall–Kier alpha value is -1.64. The van der Waals surface area contributed by atoms with E-state index in [0.717, 1.165) is 11.1 Å². The van der Waals surface area contributed by atoms with Gasteiger partial charge >= 0.3 is 5.97 Å². The van der Waals surface area contributed by atoms with Gasteiger partial charge in [0, 0.05) is 6.42 Å². The van der Waals surface area contributed by atoms with Crippen molar-refractivity contribution in [3.8, 4) is 0 Å². The highest BCUT2D eigenvalue weighted by Gasteiger charge is 2.36. The van der Waals surface area contributed by atoms with Gasteiger partial charge in [-0.1, -0.05) is 18.2 Å². The number of hydrogen-bond donors (Lipinski definition) is 0. The van der Waals surface area contributed by atoms with Gasteiger partial charge in [-0.3, -0.25) is 9.59 Å². The number of aryl methyl sites for hydroxylation is 2. The first kappa shape index (κ1) is 15.4. The molecule has 1 aromatic carbocycles. The van der Waals surface area contributed by atoms with Crippen LogP contribution in [0.4, 0.5) is 0 Å². The maximum absolute atomic E-state index is 12.2. The molecule has 0 fully saturated rings. The maximum atomic E-state index is 12.2. The summed E-state index contributed by atoms with van der Waals surface area (Å²) in [5.74, 6) is -0.571. The molecule has 1 aromatic rings. The number of ketones is 1. The highest BCUT2D eigenvalue weighted by Crippen LogP contribution is 2.22. The second-order valence-corrected chi connectivity index (χ2v) is 5.36. The van der Waals surface area contributed by atoms with E-state index in [4.69, 9.17) is 4.74 Å². The number of ether oxygens (including phenoxy) is 1. The molecule has 0 atom stereocenters. The van der Waals surface area contributed by atoms with E-state index in [1.165, 1.54) is 5.56 Å². The zero-order valence-corrected chi connectivity index (χ0v) is 12.4. The number of hydrogen-bond acceptors (Lipinski definition) is 3. The second kappa shape index (κ2) is 6.00. The van der Waals surface area contributed by atoms with Crippen LogP contribution >= 0.6 is 0 Å². The number of Topliss-reactive ketones (excluding diaryl/α,β-unsaturated/α-hetero) is 1. The Labute approximate surface area is 115 Å². The highest BCUT2D eigenvalue weighted by atomic mass is 16.5.